The average molecular weight is 363 g/mol. The van der Waals surface area contributed by atoms with Crippen LogP contribution in [0.15, 0.2) is 42.7 Å². The van der Waals surface area contributed by atoms with E-state index in [1.807, 2.05) is 29.2 Å². The number of pyridine rings is 1. The van der Waals surface area contributed by atoms with Crippen molar-refractivity contribution in [3.05, 3.63) is 63.9 Å². The van der Waals surface area contributed by atoms with Crippen molar-refractivity contribution in [1.82, 2.24) is 9.88 Å². The lowest BCUT2D eigenvalue weighted by Crippen LogP contribution is -2.30. The minimum atomic E-state index is 0.200. The number of hydrogen-bond acceptors (Lipinski definition) is 2. The number of carbonyl (C=O) groups excluding carboxylic acids is 1. The highest BCUT2D eigenvalue weighted by molar-refractivity contribution is 6.42. The van der Waals surface area contributed by atoms with Gasteiger partial charge in [-0.1, -0.05) is 29.3 Å². The van der Waals surface area contributed by atoms with Crippen molar-refractivity contribution in [2.45, 2.75) is 38.1 Å². The highest BCUT2D eigenvalue weighted by Gasteiger charge is 2.29. The number of aryl methyl sites for hydroxylation is 1. The summed E-state index contributed by atoms with van der Waals surface area (Å²) >= 11 is 12.0. The molecule has 3 rings (SSSR count). The summed E-state index contributed by atoms with van der Waals surface area (Å²) < 4.78 is 0. The molecule has 5 heteroatoms. The molecule has 1 aliphatic heterocycles. The summed E-state index contributed by atoms with van der Waals surface area (Å²) in [5, 5.41) is 1.13. The number of likely N-dealkylation sites (tertiary alicyclic amines) is 1. The molecule has 0 N–H and O–H groups in total. The molecule has 1 amide bonds. The molecule has 2 aromatic rings. The minimum Gasteiger partial charge on any atom is -0.336 e. The predicted octanol–water partition coefficient (Wildman–Crippen LogP) is 5.07. The lowest BCUT2D eigenvalue weighted by molar-refractivity contribution is -0.132. The first-order chi connectivity index (χ1) is 11.6. The van der Waals surface area contributed by atoms with Crippen molar-refractivity contribution in [2.24, 2.45) is 0 Å². The second-order valence-corrected chi connectivity index (χ2v) is 6.94. The van der Waals surface area contributed by atoms with Gasteiger partial charge < -0.3 is 4.90 Å². The van der Waals surface area contributed by atoms with Crippen molar-refractivity contribution >= 4 is 29.1 Å². The molecule has 0 spiro atoms. The molecule has 1 fully saturated rings. The van der Waals surface area contributed by atoms with Gasteiger partial charge in [0.15, 0.2) is 0 Å². The molecule has 0 bridgehead atoms. The second-order valence-electron chi connectivity index (χ2n) is 6.13. The van der Waals surface area contributed by atoms with Crippen molar-refractivity contribution in [1.29, 1.82) is 0 Å². The van der Waals surface area contributed by atoms with E-state index in [1.165, 1.54) is 5.56 Å². The van der Waals surface area contributed by atoms with Crippen LogP contribution in [0, 0.1) is 0 Å². The number of hydrogen-bond donors (Lipinski definition) is 0. The van der Waals surface area contributed by atoms with Crippen LogP contribution in [-0.4, -0.2) is 22.3 Å². The molecule has 0 saturated carbocycles. The fourth-order valence-electron chi connectivity index (χ4n) is 3.28. The minimum absolute atomic E-state index is 0.200. The second kappa shape index (κ2) is 8.00. The largest absolute Gasteiger partial charge is 0.336 e. The number of carbonyl (C=O) groups is 1. The first-order valence-electron chi connectivity index (χ1n) is 8.28. The quantitative estimate of drug-likeness (QED) is 0.743. The van der Waals surface area contributed by atoms with E-state index in [4.69, 9.17) is 23.2 Å². The molecule has 0 radical (unpaired) electrons. The summed E-state index contributed by atoms with van der Waals surface area (Å²) in [5.41, 5.74) is 2.30. The van der Waals surface area contributed by atoms with Crippen LogP contribution >= 0.6 is 23.2 Å². The molecule has 1 atom stereocenters. The number of aromatic nitrogens is 1. The lowest BCUT2D eigenvalue weighted by Gasteiger charge is -2.25. The zero-order chi connectivity index (χ0) is 16.9. The molecule has 24 heavy (non-hydrogen) atoms. The summed E-state index contributed by atoms with van der Waals surface area (Å²) in [6.07, 6.45) is 7.88. The number of amides is 1. The maximum Gasteiger partial charge on any atom is 0.223 e. The van der Waals surface area contributed by atoms with Crippen molar-refractivity contribution in [3.63, 3.8) is 0 Å². The van der Waals surface area contributed by atoms with E-state index in [0.717, 1.165) is 37.8 Å². The Morgan fingerprint density at radius 1 is 1.17 bits per heavy atom. The molecule has 0 aliphatic carbocycles. The van der Waals surface area contributed by atoms with Crippen LogP contribution in [0.2, 0.25) is 10.0 Å². The van der Waals surface area contributed by atoms with Crippen molar-refractivity contribution in [2.75, 3.05) is 6.54 Å². The number of nitrogens with zero attached hydrogens (tertiary/aromatic N) is 2. The fourth-order valence-corrected chi connectivity index (χ4v) is 3.60. The molecule has 1 aromatic carbocycles. The predicted molar refractivity (Wildman–Crippen MR) is 97.3 cm³/mol. The van der Waals surface area contributed by atoms with E-state index in [9.17, 15) is 4.79 Å². The molecular weight excluding hydrogens is 343 g/mol. The molecule has 2 heterocycles. The van der Waals surface area contributed by atoms with Crippen LogP contribution in [0.5, 0.6) is 0 Å². The Hall–Kier alpha value is -1.58. The highest BCUT2D eigenvalue weighted by Crippen LogP contribution is 2.32. The van der Waals surface area contributed by atoms with E-state index in [0.29, 0.717) is 16.5 Å². The molecule has 126 valence electrons. The zero-order valence-corrected chi connectivity index (χ0v) is 14.9. The Labute approximate surface area is 152 Å². The molecule has 1 aliphatic rings. The summed E-state index contributed by atoms with van der Waals surface area (Å²) in [5.74, 6) is 0.231. The van der Waals surface area contributed by atoms with Crippen LogP contribution in [-0.2, 0) is 11.2 Å². The number of halogens is 2. The van der Waals surface area contributed by atoms with Crippen LogP contribution in [0.4, 0.5) is 0 Å². The first kappa shape index (κ1) is 17.2. The van der Waals surface area contributed by atoms with Gasteiger partial charge in [0.1, 0.15) is 0 Å². The van der Waals surface area contributed by atoms with Gasteiger partial charge in [-0.2, -0.15) is 0 Å². The third kappa shape index (κ3) is 4.08. The Kier molecular flexibility index (Phi) is 5.75. The average Bonchev–Trinajstić information content (AvgIpc) is 3.08. The Morgan fingerprint density at radius 2 is 1.96 bits per heavy atom. The van der Waals surface area contributed by atoms with E-state index in [2.05, 4.69) is 4.98 Å². The SMILES string of the molecule is O=C(CCCc1ccc(Cl)c(Cl)c1)N1CCCC1c1ccncc1. The van der Waals surface area contributed by atoms with Crippen LogP contribution in [0.1, 0.15) is 42.9 Å². The third-order valence-corrected chi connectivity index (χ3v) is 5.24. The first-order valence-corrected chi connectivity index (χ1v) is 9.04. The van der Waals surface area contributed by atoms with Crippen LogP contribution in [0.25, 0.3) is 0 Å². The maximum absolute atomic E-state index is 12.6. The summed E-state index contributed by atoms with van der Waals surface area (Å²) in [6.45, 7) is 0.846. The molecule has 1 saturated heterocycles. The number of rotatable bonds is 5. The summed E-state index contributed by atoms with van der Waals surface area (Å²) in [4.78, 5) is 18.7. The van der Waals surface area contributed by atoms with Gasteiger partial charge in [-0.3, -0.25) is 9.78 Å². The zero-order valence-electron chi connectivity index (χ0n) is 13.4. The van der Waals surface area contributed by atoms with Crippen molar-refractivity contribution < 1.29 is 4.79 Å². The normalized spacial score (nSPS) is 17.2. The summed E-state index contributed by atoms with van der Waals surface area (Å²) in [6, 6.07) is 9.86. The number of benzene rings is 1. The standard InChI is InChI=1S/C19H20Cl2N2O/c20-16-7-6-14(13-17(16)21)3-1-5-19(24)23-12-2-4-18(23)15-8-10-22-11-9-15/h6-11,13,18H,1-5,12H2. The van der Waals surface area contributed by atoms with Gasteiger partial charge in [-0.25, -0.2) is 0 Å². The monoisotopic (exact) mass is 362 g/mol. The van der Waals surface area contributed by atoms with E-state index >= 15 is 0 Å². The van der Waals surface area contributed by atoms with E-state index in [-0.39, 0.29) is 11.9 Å². The fraction of sp³-hybridized carbons (Fsp3) is 0.368. The molecule has 1 unspecified atom stereocenters. The van der Waals surface area contributed by atoms with Gasteiger partial charge in [-0.15, -0.1) is 0 Å². The Morgan fingerprint density at radius 3 is 2.71 bits per heavy atom. The van der Waals surface area contributed by atoms with Gasteiger partial charge in [0.2, 0.25) is 5.91 Å². The Bertz CT molecular complexity index is 706. The lowest BCUT2D eigenvalue weighted by atomic mass is 10.0. The van der Waals surface area contributed by atoms with Gasteiger partial charge in [-0.05, 0) is 61.1 Å². The van der Waals surface area contributed by atoms with Gasteiger partial charge in [0, 0.05) is 25.4 Å². The van der Waals surface area contributed by atoms with Crippen LogP contribution in [0.3, 0.4) is 0 Å². The molecule has 1 aromatic heterocycles. The van der Waals surface area contributed by atoms with E-state index < -0.39 is 0 Å². The van der Waals surface area contributed by atoms with Gasteiger partial charge in [0.25, 0.3) is 0 Å². The molecular formula is C19H20Cl2N2O. The van der Waals surface area contributed by atoms with Gasteiger partial charge in [0.05, 0.1) is 16.1 Å². The maximum atomic E-state index is 12.6. The Balaban J connectivity index is 1.55. The third-order valence-electron chi connectivity index (χ3n) is 4.50. The van der Waals surface area contributed by atoms with Crippen molar-refractivity contribution in [3.8, 4) is 0 Å². The topological polar surface area (TPSA) is 33.2 Å². The smallest absolute Gasteiger partial charge is 0.223 e. The molecule has 3 nitrogen and oxygen atoms in total. The highest BCUT2D eigenvalue weighted by atomic mass is 35.5. The van der Waals surface area contributed by atoms with Gasteiger partial charge >= 0.3 is 0 Å². The van der Waals surface area contributed by atoms with Crippen LogP contribution < -0.4 is 0 Å². The van der Waals surface area contributed by atoms with E-state index in [1.54, 1.807) is 18.5 Å². The summed E-state index contributed by atoms with van der Waals surface area (Å²) in [7, 11) is 0.